The molecule has 1 fully saturated rings. The van der Waals surface area contributed by atoms with Gasteiger partial charge in [0.05, 0.1) is 6.61 Å². The molecule has 1 aliphatic heterocycles. The summed E-state index contributed by atoms with van der Waals surface area (Å²) in [7, 11) is 0. The van der Waals surface area contributed by atoms with Crippen LogP contribution in [-0.4, -0.2) is 42.6 Å². The molecule has 2 atom stereocenters. The van der Waals surface area contributed by atoms with Crippen LogP contribution in [-0.2, 0) is 9.53 Å². The Bertz CT molecular complexity index is 209. The number of likely N-dealkylation sites (tertiary alicyclic amines) is 1. The van der Waals surface area contributed by atoms with E-state index in [0.29, 0.717) is 19.2 Å². The Labute approximate surface area is 91.8 Å². The van der Waals surface area contributed by atoms with E-state index < -0.39 is 0 Å². The zero-order chi connectivity index (χ0) is 11.3. The molecule has 4 heteroatoms. The smallest absolute Gasteiger partial charge is 0.323 e. The Morgan fingerprint density at radius 2 is 2.33 bits per heavy atom. The van der Waals surface area contributed by atoms with Gasteiger partial charge in [0.25, 0.3) is 0 Å². The molecule has 0 amide bonds. The number of nitrogens with two attached hydrogens (primary N) is 1. The summed E-state index contributed by atoms with van der Waals surface area (Å²) in [5.74, 6) is -0.0969. The molecule has 0 spiro atoms. The Morgan fingerprint density at radius 3 is 2.87 bits per heavy atom. The molecule has 1 heterocycles. The van der Waals surface area contributed by atoms with Crippen molar-refractivity contribution in [1.82, 2.24) is 4.90 Å². The average Bonchev–Trinajstić information content (AvgIpc) is 2.67. The van der Waals surface area contributed by atoms with Crippen molar-refractivity contribution in [2.45, 2.75) is 45.2 Å². The molecule has 88 valence electrons. The highest BCUT2D eigenvalue weighted by atomic mass is 16.5. The van der Waals surface area contributed by atoms with Crippen molar-refractivity contribution in [1.29, 1.82) is 0 Å². The molecular weight excluding hydrogens is 192 g/mol. The number of ether oxygens (including phenoxy) is 1. The van der Waals surface area contributed by atoms with E-state index >= 15 is 0 Å². The third kappa shape index (κ3) is 2.92. The minimum absolute atomic E-state index is 0.0963. The maximum Gasteiger partial charge on any atom is 0.323 e. The largest absolute Gasteiger partial charge is 0.465 e. The highest BCUT2D eigenvalue weighted by Crippen LogP contribution is 2.21. The minimum atomic E-state index is -0.0969. The first-order chi connectivity index (χ1) is 7.24. The number of carbonyl (C=O) groups excluding carboxylic acids is 1. The maximum absolute atomic E-state index is 11.7. The van der Waals surface area contributed by atoms with Crippen molar-refractivity contribution in [2.24, 2.45) is 5.73 Å². The number of rotatable bonds is 5. The molecule has 1 rings (SSSR count). The lowest BCUT2D eigenvalue weighted by molar-refractivity contribution is -0.150. The molecule has 4 nitrogen and oxygen atoms in total. The van der Waals surface area contributed by atoms with Crippen LogP contribution in [0.1, 0.15) is 33.1 Å². The van der Waals surface area contributed by atoms with Gasteiger partial charge in [-0.25, -0.2) is 0 Å². The van der Waals surface area contributed by atoms with Crippen molar-refractivity contribution >= 4 is 5.97 Å². The SMILES string of the molecule is CCOC(=O)C(CC)N1CCCC1CN. The number of hydrogen-bond donors (Lipinski definition) is 1. The molecule has 2 N–H and O–H groups in total. The normalized spacial score (nSPS) is 24.1. The lowest BCUT2D eigenvalue weighted by atomic mass is 10.1. The highest BCUT2D eigenvalue weighted by molar-refractivity contribution is 5.75. The summed E-state index contributed by atoms with van der Waals surface area (Å²) in [5, 5.41) is 0. The second-order valence-electron chi connectivity index (χ2n) is 3.95. The third-order valence-corrected chi connectivity index (χ3v) is 3.04. The van der Waals surface area contributed by atoms with Gasteiger partial charge in [0, 0.05) is 12.6 Å². The van der Waals surface area contributed by atoms with Gasteiger partial charge in [0.2, 0.25) is 0 Å². The van der Waals surface area contributed by atoms with Crippen LogP contribution in [0, 0.1) is 0 Å². The molecule has 0 aromatic carbocycles. The standard InChI is InChI=1S/C11H22N2O2/c1-3-10(11(14)15-4-2)13-7-5-6-9(13)8-12/h9-10H,3-8,12H2,1-2H3. The fourth-order valence-corrected chi connectivity index (χ4v) is 2.30. The van der Waals surface area contributed by atoms with E-state index in [1.54, 1.807) is 0 Å². The summed E-state index contributed by atoms with van der Waals surface area (Å²) in [6, 6.07) is 0.264. The van der Waals surface area contributed by atoms with E-state index in [1.807, 2.05) is 13.8 Å². The summed E-state index contributed by atoms with van der Waals surface area (Å²) in [5.41, 5.74) is 5.70. The summed E-state index contributed by atoms with van der Waals surface area (Å²) >= 11 is 0. The predicted molar refractivity (Wildman–Crippen MR) is 59.5 cm³/mol. The summed E-state index contributed by atoms with van der Waals surface area (Å²) < 4.78 is 5.08. The quantitative estimate of drug-likeness (QED) is 0.686. The number of carbonyl (C=O) groups is 1. The van der Waals surface area contributed by atoms with Gasteiger partial charge in [-0.15, -0.1) is 0 Å². The molecule has 2 unspecified atom stereocenters. The molecule has 1 aliphatic rings. The Hall–Kier alpha value is -0.610. The van der Waals surface area contributed by atoms with Gasteiger partial charge in [0.15, 0.2) is 0 Å². The van der Waals surface area contributed by atoms with E-state index in [-0.39, 0.29) is 12.0 Å². The summed E-state index contributed by atoms with van der Waals surface area (Å²) in [6.07, 6.45) is 3.04. The fourth-order valence-electron chi connectivity index (χ4n) is 2.30. The van der Waals surface area contributed by atoms with E-state index in [0.717, 1.165) is 25.8 Å². The van der Waals surface area contributed by atoms with Crippen LogP contribution >= 0.6 is 0 Å². The Morgan fingerprint density at radius 1 is 1.60 bits per heavy atom. The molecule has 0 bridgehead atoms. The first-order valence-corrected chi connectivity index (χ1v) is 5.87. The first-order valence-electron chi connectivity index (χ1n) is 5.87. The van der Waals surface area contributed by atoms with Crippen molar-refractivity contribution in [2.75, 3.05) is 19.7 Å². The second-order valence-corrected chi connectivity index (χ2v) is 3.95. The molecule has 0 aliphatic carbocycles. The lowest BCUT2D eigenvalue weighted by Crippen LogP contribution is -2.47. The average molecular weight is 214 g/mol. The maximum atomic E-state index is 11.7. The fraction of sp³-hybridized carbons (Fsp3) is 0.909. The Kier molecular flexibility index (Phi) is 5.05. The van der Waals surface area contributed by atoms with Gasteiger partial charge in [0.1, 0.15) is 6.04 Å². The van der Waals surface area contributed by atoms with E-state index in [9.17, 15) is 4.79 Å². The molecular formula is C11H22N2O2. The number of hydrogen-bond acceptors (Lipinski definition) is 4. The lowest BCUT2D eigenvalue weighted by Gasteiger charge is -2.30. The van der Waals surface area contributed by atoms with Crippen LogP contribution in [0.15, 0.2) is 0 Å². The van der Waals surface area contributed by atoms with E-state index in [4.69, 9.17) is 10.5 Å². The topological polar surface area (TPSA) is 55.6 Å². The predicted octanol–water partition coefficient (Wildman–Crippen LogP) is 0.751. The van der Waals surface area contributed by atoms with Crippen LogP contribution in [0.3, 0.4) is 0 Å². The first kappa shape index (κ1) is 12.5. The zero-order valence-corrected chi connectivity index (χ0v) is 9.74. The summed E-state index contributed by atoms with van der Waals surface area (Å²) in [6.45, 7) is 5.92. The van der Waals surface area contributed by atoms with Crippen LogP contribution in [0.2, 0.25) is 0 Å². The molecule has 1 saturated heterocycles. The number of esters is 1. The van der Waals surface area contributed by atoms with Crippen LogP contribution in [0.5, 0.6) is 0 Å². The molecule has 15 heavy (non-hydrogen) atoms. The van der Waals surface area contributed by atoms with Gasteiger partial charge >= 0.3 is 5.97 Å². The van der Waals surface area contributed by atoms with Gasteiger partial charge in [-0.3, -0.25) is 9.69 Å². The summed E-state index contributed by atoms with van der Waals surface area (Å²) in [4.78, 5) is 13.9. The highest BCUT2D eigenvalue weighted by Gasteiger charge is 2.33. The van der Waals surface area contributed by atoms with Crippen molar-refractivity contribution < 1.29 is 9.53 Å². The van der Waals surface area contributed by atoms with Crippen molar-refractivity contribution in [3.8, 4) is 0 Å². The van der Waals surface area contributed by atoms with E-state index in [1.165, 1.54) is 0 Å². The molecule has 0 aromatic heterocycles. The third-order valence-electron chi connectivity index (χ3n) is 3.04. The molecule has 0 radical (unpaired) electrons. The van der Waals surface area contributed by atoms with E-state index in [2.05, 4.69) is 4.90 Å². The Balaban J connectivity index is 2.60. The van der Waals surface area contributed by atoms with Gasteiger partial charge in [-0.2, -0.15) is 0 Å². The molecule has 0 saturated carbocycles. The van der Waals surface area contributed by atoms with Crippen molar-refractivity contribution in [3.63, 3.8) is 0 Å². The van der Waals surface area contributed by atoms with Gasteiger partial charge < -0.3 is 10.5 Å². The molecule has 0 aromatic rings. The second kappa shape index (κ2) is 6.08. The number of nitrogens with zero attached hydrogens (tertiary/aromatic N) is 1. The zero-order valence-electron chi connectivity index (χ0n) is 9.74. The van der Waals surface area contributed by atoms with Crippen molar-refractivity contribution in [3.05, 3.63) is 0 Å². The van der Waals surface area contributed by atoms with Crippen LogP contribution in [0.25, 0.3) is 0 Å². The van der Waals surface area contributed by atoms with Gasteiger partial charge in [-0.1, -0.05) is 6.92 Å². The monoisotopic (exact) mass is 214 g/mol. The van der Waals surface area contributed by atoms with Crippen LogP contribution in [0.4, 0.5) is 0 Å². The minimum Gasteiger partial charge on any atom is -0.465 e. The van der Waals surface area contributed by atoms with Gasteiger partial charge in [-0.05, 0) is 32.7 Å². The van der Waals surface area contributed by atoms with Crippen LogP contribution < -0.4 is 5.73 Å².